The van der Waals surface area contributed by atoms with E-state index in [1.165, 1.54) is 0 Å². The molecule has 0 saturated heterocycles. The molecule has 5 heteroatoms. The molecule has 0 aliphatic carbocycles. The van der Waals surface area contributed by atoms with Gasteiger partial charge in [-0.1, -0.05) is 30.3 Å². The molecule has 0 fully saturated rings. The molecule has 0 saturated carbocycles. The van der Waals surface area contributed by atoms with Crippen LogP contribution in [0.15, 0.2) is 30.3 Å². The van der Waals surface area contributed by atoms with Gasteiger partial charge in [-0.05, 0) is 5.56 Å². The van der Waals surface area contributed by atoms with Crippen LogP contribution in [-0.4, -0.2) is 45.1 Å². The van der Waals surface area contributed by atoms with E-state index in [1.54, 1.807) is 0 Å². The zero-order valence-corrected chi connectivity index (χ0v) is 12.1. The standard InChI is InChI=1S/C16H22O5/c17-8-4-10-19-13-16(21-11-5-9-18)14-20-12-15-6-2-1-3-7-15/h1-3,6-9,16H,4-5,10-14H2. The van der Waals surface area contributed by atoms with Crippen molar-refractivity contribution in [1.29, 1.82) is 0 Å². The first-order chi connectivity index (χ1) is 10.4. The monoisotopic (exact) mass is 294 g/mol. The van der Waals surface area contributed by atoms with E-state index in [-0.39, 0.29) is 6.10 Å². The molecule has 0 aliphatic heterocycles. The maximum absolute atomic E-state index is 10.3. The summed E-state index contributed by atoms with van der Waals surface area (Å²) in [6.07, 6.45) is 2.11. The summed E-state index contributed by atoms with van der Waals surface area (Å²) in [5.74, 6) is 0. The molecule has 1 atom stereocenters. The van der Waals surface area contributed by atoms with E-state index < -0.39 is 0 Å². The van der Waals surface area contributed by atoms with Gasteiger partial charge in [0.15, 0.2) is 0 Å². The van der Waals surface area contributed by atoms with Crippen LogP contribution < -0.4 is 0 Å². The summed E-state index contributed by atoms with van der Waals surface area (Å²) < 4.78 is 16.5. The number of rotatable bonds is 13. The Morgan fingerprint density at radius 2 is 1.57 bits per heavy atom. The maximum atomic E-state index is 10.3. The van der Waals surface area contributed by atoms with Crippen molar-refractivity contribution in [2.45, 2.75) is 25.6 Å². The molecule has 1 unspecified atom stereocenters. The fraction of sp³-hybridized carbons (Fsp3) is 0.500. The van der Waals surface area contributed by atoms with E-state index in [9.17, 15) is 9.59 Å². The van der Waals surface area contributed by atoms with Gasteiger partial charge in [0.2, 0.25) is 0 Å². The van der Waals surface area contributed by atoms with Crippen molar-refractivity contribution >= 4 is 12.6 Å². The Labute approximate surface area is 125 Å². The van der Waals surface area contributed by atoms with Crippen LogP contribution in [0.1, 0.15) is 18.4 Å². The number of benzene rings is 1. The third-order valence-corrected chi connectivity index (χ3v) is 2.69. The summed E-state index contributed by atoms with van der Waals surface area (Å²) >= 11 is 0. The predicted molar refractivity (Wildman–Crippen MR) is 78.0 cm³/mol. The van der Waals surface area contributed by atoms with Gasteiger partial charge in [-0.2, -0.15) is 0 Å². The number of hydrogen-bond donors (Lipinski definition) is 0. The van der Waals surface area contributed by atoms with Crippen molar-refractivity contribution in [1.82, 2.24) is 0 Å². The van der Waals surface area contributed by atoms with Gasteiger partial charge in [0.05, 0.1) is 33.0 Å². The van der Waals surface area contributed by atoms with Gasteiger partial charge in [-0.3, -0.25) is 0 Å². The Balaban J connectivity index is 2.25. The predicted octanol–water partition coefficient (Wildman–Crippen LogP) is 1.78. The first-order valence-electron chi connectivity index (χ1n) is 7.05. The van der Waals surface area contributed by atoms with Gasteiger partial charge in [-0.25, -0.2) is 0 Å². The van der Waals surface area contributed by atoms with E-state index >= 15 is 0 Å². The first-order valence-corrected chi connectivity index (χ1v) is 7.05. The number of ether oxygens (including phenoxy) is 3. The van der Waals surface area contributed by atoms with Crippen LogP contribution in [0.4, 0.5) is 0 Å². The van der Waals surface area contributed by atoms with Crippen molar-refractivity contribution in [2.75, 3.05) is 26.4 Å². The average molecular weight is 294 g/mol. The lowest BCUT2D eigenvalue weighted by molar-refractivity contribution is -0.112. The molecule has 1 rings (SSSR count). The summed E-state index contributed by atoms with van der Waals surface area (Å²) in [6, 6.07) is 9.85. The molecule has 0 aliphatic rings. The quantitative estimate of drug-likeness (QED) is 0.410. The molecular weight excluding hydrogens is 272 g/mol. The van der Waals surface area contributed by atoms with Gasteiger partial charge in [0.1, 0.15) is 18.7 Å². The van der Waals surface area contributed by atoms with Crippen LogP contribution in [0.2, 0.25) is 0 Å². The van der Waals surface area contributed by atoms with E-state index in [0.29, 0.717) is 45.9 Å². The maximum Gasteiger partial charge on any atom is 0.122 e. The SMILES string of the molecule is O=CCCOCC(COCc1ccccc1)OCCC=O. The smallest absolute Gasteiger partial charge is 0.122 e. The molecular formula is C16H22O5. The molecule has 21 heavy (non-hydrogen) atoms. The van der Waals surface area contributed by atoms with Crippen molar-refractivity contribution in [3.8, 4) is 0 Å². The number of carbonyl (C=O) groups is 2. The Hall–Kier alpha value is -1.56. The molecule has 1 aromatic rings. The molecule has 1 aromatic carbocycles. The molecule has 0 heterocycles. The zero-order chi connectivity index (χ0) is 15.2. The summed E-state index contributed by atoms with van der Waals surface area (Å²) in [7, 11) is 0. The van der Waals surface area contributed by atoms with Crippen LogP contribution in [0, 0.1) is 0 Å². The van der Waals surface area contributed by atoms with Gasteiger partial charge >= 0.3 is 0 Å². The lowest BCUT2D eigenvalue weighted by Crippen LogP contribution is -2.26. The zero-order valence-electron chi connectivity index (χ0n) is 12.1. The van der Waals surface area contributed by atoms with Crippen molar-refractivity contribution in [3.05, 3.63) is 35.9 Å². The minimum atomic E-state index is -0.236. The first kappa shape index (κ1) is 17.5. The van der Waals surface area contributed by atoms with E-state index in [4.69, 9.17) is 14.2 Å². The molecule has 0 N–H and O–H groups in total. The highest BCUT2D eigenvalue weighted by Crippen LogP contribution is 2.03. The van der Waals surface area contributed by atoms with E-state index in [0.717, 1.165) is 18.1 Å². The minimum absolute atomic E-state index is 0.236. The molecule has 116 valence electrons. The highest BCUT2D eigenvalue weighted by molar-refractivity contribution is 5.49. The van der Waals surface area contributed by atoms with Gasteiger partial charge in [0, 0.05) is 12.8 Å². The molecule has 0 amide bonds. The molecule has 0 aromatic heterocycles. The topological polar surface area (TPSA) is 61.8 Å². The Kier molecular flexibility index (Phi) is 10.2. The van der Waals surface area contributed by atoms with Crippen molar-refractivity contribution < 1.29 is 23.8 Å². The number of hydrogen-bond acceptors (Lipinski definition) is 5. The Morgan fingerprint density at radius 3 is 2.29 bits per heavy atom. The van der Waals surface area contributed by atoms with Gasteiger partial charge in [-0.15, -0.1) is 0 Å². The number of aldehydes is 2. The Morgan fingerprint density at radius 1 is 0.905 bits per heavy atom. The Bertz CT molecular complexity index is 380. The number of carbonyl (C=O) groups excluding carboxylic acids is 2. The molecule has 0 bridgehead atoms. The van der Waals surface area contributed by atoms with E-state index in [2.05, 4.69) is 0 Å². The largest absolute Gasteiger partial charge is 0.378 e. The lowest BCUT2D eigenvalue weighted by atomic mass is 10.2. The van der Waals surface area contributed by atoms with Crippen molar-refractivity contribution in [2.24, 2.45) is 0 Å². The lowest BCUT2D eigenvalue weighted by Gasteiger charge is -2.17. The fourth-order valence-electron chi connectivity index (χ4n) is 1.66. The summed E-state index contributed by atoms with van der Waals surface area (Å²) in [5.41, 5.74) is 1.09. The highest BCUT2D eigenvalue weighted by atomic mass is 16.6. The fourth-order valence-corrected chi connectivity index (χ4v) is 1.66. The van der Waals surface area contributed by atoms with Crippen LogP contribution in [0.25, 0.3) is 0 Å². The second kappa shape index (κ2) is 12.2. The molecule has 5 nitrogen and oxygen atoms in total. The summed E-state index contributed by atoms with van der Waals surface area (Å²) in [6.45, 7) is 1.95. The van der Waals surface area contributed by atoms with E-state index in [1.807, 2.05) is 30.3 Å². The van der Waals surface area contributed by atoms with Crippen LogP contribution >= 0.6 is 0 Å². The van der Waals surface area contributed by atoms with Crippen LogP contribution in [-0.2, 0) is 30.4 Å². The average Bonchev–Trinajstić information content (AvgIpc) is 2.52. The molecule has 0 radical (unpaired) electrons. The van der Waals surface area contributed by atoms with Crippen LogP contribution in [0.3, 0.4) is 0 Å². The second-order valence-electron chi connectivity index (χ2n) is 4.48. The third kappa shape index (κ3) is 9.07. The highest BCUT2D eigenvalue weighted by Gasteiger charge is 2.10. The minimum Gasteiger partial charge on any atom is -0.378 e. The van der Waals surface area contributed by atoms with Gasteiger partial charge in [0.25, 0.3) is 0 Å². The normalized spacial score (nSPS) is 12.0. The summed E-state index contributed by atoms with van der Waals surface area (Å²) in [4.78, 5) is 20.5. The summed E-state index contributed by atoms with van der Waals surface area (Å²) in [5, 5.41) is 0. The van der Waals surface area contributed by atoms with Gasteiger partial charge < -0.3 is 23.8 Å². The third-order valence-electron chi connectivity index (χ3n) is 2.69. The van der Waals surface area contributed by atoms with Crippen LogP contribution in [0.5, 0.6) is 0 Å². The molecule has 0 spiro atoms. The van der Waals surface area contributed by atoms with Crippen molar-refractivity contribution in [3.63, 3.8) is 0 Å². The second-order valence-corrected chi connectivity index (χ2v) is 4.48.